The fourth-order valence-electron chi connectivity index (χ4n) is 8.82. The van der Waals surface area contributed by atoms with E-state index < -0.39 is 0 Å². The number of fused-ring (bicyclic) bond motifs is 8. The van der Waals surface area contributed by atoms with Gasteiger partial charge in [0.15, 0.2) is 0 Å². The molecular weight excluding hydrogens is 601 g/mol. The van der Waals surface area contributed by atoms with Crippen molar-refractivity contribution in [3.8, 4) is 44.5 Å². The van der Waals surface area contributed by atoms with Crippen LogP contribution < -0.4 is 0 Å². The predicted octanol–water partition coefficient (Wildman–Crippen LogP) is 13.9. The highest BCUT2D eigenvalue weighted by Gasteiger charge is 2.35. The number of rotatable bonds is 3. The Balaban J connectivity index is 1.32. The first-order valence-corrected chi connectivity index (χ1v) is 17.7. The second-order valence-corrected chi connectivity index (χ2v) is 14.5. The molecule has 236 valence electrons. The Kier molecular flexibility index (Phi) is 6.24. The molecule has 0 amide bonds. The Morgan fingerprint density at radius 1 is 0.340 bits per heavy atom. The summed E-state index contributed by atoms with van der Waals surface area (Å²) >= 11 is 0. The molecule has 0 aromatic heterocycles. The monoisotopic (exact) mass is 636 g/mol. The van der Waals surface area contributed by atoms with E-state index in [2.05, 4.69) is 185 Å². The van der Waals surface area contributed by atoms with E-state index in [0.29, 0.717) is 0 Å². The average Bonchev–Trinajstić information content (AvgIpc) is 3.39. The second-order valence-electron chi connectivity index (χ2n) is 14.5. The van der Waals surface area contributed by atoms with Gasteiger partial charge < -0.3 is 0 Å². The van der Waals surface area contributed by atoms with Crippen LogP contribution in [0.25, 0.3) is 87.6 Å². The molecule has 0 radical (unpaired) electrons. The van der Waals surface area contributed by atoms with E-state index in [0.717, 1.165) is 0 Å². The van der Waals surface area contributed by atoms with Crippen molar-refractivity contribution in [1.82, 2.24) is 0 Å². The van der Waals surface area contributed by atoms with Crippen molar-refractivity contribution in [2.75, 3.05) is 0 Å². The number of aryl methyl sites for hydroxylation is 1. The van der Waals surface area contributed by atoms with Crippen molar-refractivity contribution in [3.63, 3.8) is 0 Å². The molecule has 10 rings (SSSR count). The van der Waals surface area contributed by atoms with Crippen LogP contribution in [0, 0.1) is 6.92 Å². The second kappa shape index (κ2) is 10.8. The summed E-state index contributed by atoms with van der Waals surface area (Å²) in [5.41, 5.74) is 14.3. The summed E-state index contributed by atoms with van der Waals surface area (Å²) in [5.74, 6) is 0. The normalized spacial score (nSPS) is 13.3. The zero-order chi connectivity index (χ0) is 33.6. The molecule has 9 aromatic rings. The van der Waals surface area contributed by atoms with E-state index in [-0.39, 0.29) is 5.41 Å². The topological polar surface area (TPSA) is 0 Å². The van der Waals surface area contributed by atoms with Crippen LogP contribution in [0.1, 0.15) is 30.5 Å². The minimum Gasteiger partial charge on any atom is -0.0619 e. The molecule has 0 nitrogen and oxygen atoms in total. The van der Waals surface area contributed by atoms with Crippen LogP contribution in [0.15, 0.2) is 164 Å². The average molecular weight is 637 g/mol. The standard InChI is InChI=1S/C50H36/c1-31-20-22-32(23-21-31)48-41-17-8-9-18-42(41)49(44-29-35-12-4-5-13-36(35)37-14-6-7-15-38(37)44)45-28-33(25-27-43(45)48)34-24-26-40-39-16-10-11-19-46(39)50(2,3)47(40)30-34/h4-30H,1-3H3. The molecule has 0 heteroatoms. The van der Waals surface area contributed by atoms with Gasteiger partial charge in [0.2, 0.25) is 0 Å². The lowest BCUT2D eigenvalue weighted by molar-refractivity contribution is 0.660. The molecule has 0 atom stereocenters. The van der Waals surface area contributed by atoms with Gasteiger partial charge in [-0.15, -0.1) is 0 Å². The van der Waals surface area contributed by atoms with Crippen molar-refractivity contribution in [2.24, 2.45) is 0 Å². The smallest absolute Gasteiger partial charge is 0.0159 e. The summed E-state index contributed by atoms with van der Waals surface area (Å²) in [6.07, 6.45) is 0. The quantitative estimate of drug-likeness (QED) is 0.134. The third-order valence-corrected chi connectivity index (χ3v) is 11.3. The molecule has 0 saturated carbocycles. The highest BCUT2D eigenvalue weighted by molar-refractivity contribution is 6.26. The van der Waals surface area contributed by atoms with Gasteiger partial charge in [-0.25, -0.2) is 0 Å². The summed E-state index contributed by atoms with van der Waals surface area (Å²) < 4.78 is 0. The summed E-state index contributed by atoms with van der Waals surface area (Å²) in [7, 11) is 0. The molecule has 0 heterocycles. The van der Waals surface area contributed by atoms with Crippen LogP contribution in [0.4, 0.5) is 0 Å². The number of hydrogen-bond acceptors (Lipinski definition) is 0. The molecule has 0 N–H and O–H groups in total. The fourth-order valence-corrected chi connectivity index (χ4v) is 8.82. The van der Waals surface area contributed by atoms with E-state index >= 15 is 0 Å². The van der Waals surface area contributed by atoms with Gasteiger partial charge in [-0.05, 0) is 124 Å². The minimum atomic E-state index is -0.0528. The Morgan fingerprint density at radius 2 is 0.900 bits per heavy atom. The first kappa shape index (κ1) is 29.0. The molecular formula is C50H36. The van der Waals surface area contributed by atoms with Crippen LogP contribution >= 0.6 is 0 Å². The molecule has 0 bridgehead atoms. The molecule has 1 aliphatic carbocycles. The van der Waals surface area contributed by atoms with E-state index in [1.807, 2.05) is 0 Å². The van der Waals surface area contributed by atoms with Crippen LogP contribution in [-0.2, 0) is 5.41 Å². The Hall–Kier alpha value is -5.98. The Morgan fingerprint density at radius 3 is 1.70 bits per heavy atom. The maximum Gasteiger partial charge on any atom is 0.0159 e. The number of benzene rings is 9. The number of hydrogen-bond donors (Lipinski definition) is 0. The van der Waals surface area contributed by atoms with E-state index in [1.165, 1.54) is 104 Å². The molecule has 0 aliphatic heterocycles. The van der Waals surface area contributed by atoms with Crippen molar-refractivity contribution >= 4 is 43.1 Å². The largest absolute Gasteiger partial charge is 0.0619 e. The van der Waals surface area contributed by atoms with Gasteiger partial charge in [0.25, 0.3) is 0 Å². The lowest BCUT2D eigenvalue weighted by Crippen LogP contribution is -2.14. The fraction of sp³-hybridized carbons (Fsp3) is 0.0800. The SMILES string of the molecule is Cc1ccc(-c2c3ccccc3c(-c3cc4ccccc4c4ccccc34)c3cc(-c4ccc5c(c4)C(C)(C)c4ccccc4-5)ccc23)cc1. The lowest BCUT2D eigenvalue weighted by Gasteiger charge is -2.22. The predicted molar refractivity (Wildman–Crippen MR) is 215 cm³/mol. The van der Waals surface area contributed by atoms with E-state index in [9.17, 15) is 0 Å². The molecule has 0 spiro atoms. The molecule has 1 aliphatic rings. The van der Waals surface area contributed by atoms with E-state index in [1.54, 1.807) is 0 Å². The van der Waals surface area contributed by atoms with Crippen molar-refractivity contribution in [2.45, 2.75) is 26.2 Å². The van der Waals surface area contributed by atoms with Gasteiger partial charge >= 0.3 is 0 Å². The van der Waals surface area contributed by atoms with Crippen LogP contribution in [0.5, 0.6) is 0 Å². The molecule has 9 aromatic carbocycles. The summed E-state index contributed by atoms with van der Waals surface area (Å²) in [6.45, 7) is 6.89. The maximum atomic E-state index is 2.47. The van der Waals surface area contributed by atoms with Crippen molar-refractivity contribution in [1.29, 1.82) is 0 Å². The van der Waals surface area contributed by atoms with Crippen LogP contribution in [0.3, 0.4) is 0 Å². The zero-order valence-electron chi connectivity index (χ0n) is 28.6. The third-order valence-electron chi connectivity index (χ3n) is 11.3. The van der Waals surface area contributed by atoms with Gasteiger partial charge in [-0.2, -0.15) is 0 Å². The van der Waals surface area contributed by atoms with Gasteiger partial charge in [-0.3, -0.25) is 0 Å². The van der Waals surface area contributed by atoms with Gasteiger partial charge in [0.1, 0.15) is 0 Å². The first-order chi connectivity index (χ1) is 24.5. The molecule has 0 saturated heterocycles. The molecule has 0 unspecified atom stereocenters. The minimum absolute atomic E-state index is 0.0528. The third kappa shape index (κ3) is 4.18. The van der Waals surface area contributed by atoms with Crippen LogP contribution in [0.2, 0.25) is 0 Å². The maximum absolute atomic E-state index is 2.47. The van der Waals surface area contributed by atoms with Crippen LogP contribution in [-0.4, -0.2) is 0 Å². The highest BCUT2D eigenvalue weighted by Crippen LogP contribution is 2.51. The Bertz CT molecular complexity index is 2830. The summed E-state index contributed by atoms with van der Waals surface area (Å²) in [4.78, 5) is 0. The molecule has 0 fully saturated rings. The molecule has 50 heavy (non-hydrogen) atoms. The highest BCUT2D eigenvalue weighted by atomic mass is 14.4. The zero-order valence-corrected chi connectivity index (χ0v) is 28.6. The van der Waals surface area contributed by atoms with E-state index in [4.69, 9.17) is 0 Å². The Labute approximate surface area is 293 Å². The van der Waals surface area contributed by atoms with Crippen molar-refractivity contribution in [3.05, 3.63) is 180 Å². The van der Waals surface area contributed by atoms with Gasteiger partial charge in [0, 0.05) is 5.41 Å². The van der Waals surface area contributed by atoms with Crippen molar-refractivity contribution < 1.29 is 0 Å². The lowest BCUT2D eigenvalue weighted by atomic mass is 9.81. The van der Waals surface area contributed by atoms with Gasteiger partial charge in [-0.1, -0.05) is 165 Å². The summed E-state index contributed by atoms with van der Waals surface area (Å²) in [5, 5.41) is 10.2. The summed E-state index contributed by atoms with van der Waals surface area (Å²) in [6, 6.07) is 61.4. The first-order valence-electron chi connectivity index (χ1n) is 17.7. The van der Waals surface area contributed by atoms with Gasteiger partial charge in [0.05, 0.1) is 0 Å².